The zero-order valence-electron chi connectivity index (χ0n) is 15.0. The van der Waals surface area contributed by atoms with Crippen LogP contribution in [-0.2, 0) is 0 Å². The van der Waals surface area contributed by atoms with E-state index in [0.717, 1.165) is 11.8 Å². The van der Waals surface area contributed by atoms with Crippen molar-refractivity contribution in [2.45, 2.75) is 0 Å². The van der Waals surface area contributed by atoms with Crippen molar-refractivity contribution >= 4 is 31.1 Å². The lowest BCUT2D eigenvalue weighted by atomic mass is 10.0. The van der Waals surface area contributed by atoms with Gasteiger partial charge >= 0.3 is 0 Å². The summed E-state index contributed by atoms with van der Waals surface area (Å²) in [5.41, 5.74) is 0. The van der Waals surface area contributed by atoms with Crippen molar-refractivity contribution in [3.05, 3.63) is 91.0 Å². The summed E-state index contributed by atoms with van der Waals surface area (Å²) in [6, 6.07) is 34.2. The van der Waals surface area contributed by atoms with E-state index in [1.165, 1.54) is 24.6 Å². The van der Waals surface area contributed by atoms with Crippen LogP contribution in [0.5, 0.6) is 0 Å². The third kappa shape index (κ3) is 2.85. The van der Waals surface area contributed by atoms with Gasteiger partial charge in [0.25, 0.3) is 0 Å². The van der Waals surface area contributed by atoms with Gasteiger partial charge in [0.05, 0.1) is 30.2 Å². The number of fused-ring (bicyclic) bond motifs is 1. The standard InChI is InChI=1S/C24H25P2/c1-4-10-22(11-5-1)25-16-20-18-26(19-21(20)17-25,23-12-6-2-7-13-23)24-14-8-3-9-15-24/h1-15,20-21H,16-19H2/q+1/t20-,21-/m1/s1. The fourth-order valence-corrected chi connectivity index (χ4v) is 13.9. The second kappa shape index (κ2) is 6.92. The topological polar surface area (TPSA) is 0 Å². The molecule has 3 aromatic rings. The molecule has 0 amide bonds. The van der Waals surface area contributed by atoms with Crippen LogP contribution < -0.4 is 15.9 Å². The molecule has 5 rings (SSSR count). The fourth-order valence-electron chi connectivity index (χ4n) is 5.07. The predicted molar refractivity (Wildman–Crippen MR) is 119 cm³/mol. The number of rotatable bonds is 3. The predicted octanol–water partition coefficient (Wildman–Crippen LogP) is 4.72. The summed E-state index contributed by atoms with van der Waals surface area (Å²) in [6.07, 6.45) is 5.76. The molecule has 130 valence electrons. The Morgan fingerprint density at radius 1 is 0.577 bits per heavy atom. The molecule has 2 saturated heterocycles. The molecule has 0 N–H and O–H groups in total. The first-order valence-electron chi connectivity index (χ1n) is 9.63. The van der Waals surface area contributed by atoms with E-state index in [9.17, 15) is 0 Å². The first-order valence-corrected chi connectivity index (χ1v) is 13.5. The van der Waals surface area contributed by atoms with Crippen molar-refractivity contribution < 1.29 is 0 Å². The molecule has 2 aliphatic rings. The van der Waals surface area contributed by atoms with Crippen LogP contribution in [0.4, 0.5) is 0 Å². The number of benzene rings is 3. The second-order valence-electron chi connectivity index (χ2n) is 7.76. The minimum atomic E-state index is -1.24. The largest absolute Gasteiger partial charge is 0.0992 e. The Balaban J connectivity index is 1.48. The molecule has 26 heavy (non-hydrogen) atoms. The smallest absolute Gasteiger partial charge is 0.0745 e. The van der Waals surface area contributed by atoms with Gasteiger partial charge in [0, 0.05) is 11.8 Å². The Bertz CT molecular complexity index is 805. The van der Waals surface area contributed by atoms with E-state index >= 15 is 0 Å². The van der Waals surface area contributed by atoms with Gasteiger partial charge in [-0.2, -0.15) is 0 Å². The number of hydrogen-bond acceptors (Lipinski definition) is 0. The Labute approximate surface area is 158 Å². The van der Waals surface area contributed by atoms with E-state index < -0.39 is 7.26 Å². The maximum Gasteiger partial charge on any atom is 0.0992 e. The van der Waals surface area contributed by atoms with Crippen molar-refractivity contribution in [2.24, 2.45) is 11.8 Å². The average molecular weight is 375 g/mol. The van der Waals surface area contributed by atoms with Gasteiger partial charge in [-0.1, -0.05) is 74.7 Å². The summed E-state index contributed by atoms with van der Waals surface area (Å²) < 4.78 is 0. The van der Waals surface area contributed by atoms with Crippen molar-refractivity contribution in [1.82, 2.24) is 0 Å². The molecule has 3 aromatic carbocycles. The minimum absolute atomic E-state index is 0.0651. The molecular formula is C24H25P2+. The molecule has 0 saturated carbocycles. The van der Waals surface area contributed by atoms with Gasteiger partial charge in [-0.3, -0.25) is 0 Å². The van der Waals surface area contributed by atoms with Gasteiger partial charge in [0.2, 0.25) is 0 Å². The van der Waals surface area contributed by atoms with Gasteiger partial charge < -0.3 is 0 Å². The van der Waals surface area contributed by atoms with Crippen molar-refractivity contribution in [2.75, 3.05) is 24.6 Å². The van der Waals surface area contributed by atoms with Gasteiger partial charge in [0.15, 0.2) is 0 Å². The summed E-state index contributed by atoms with van der Waals surface area (Å²) in [4.78, 5) is 0. The minimum Gasteiger partial charge on any atom is -0.0745 e. The maximum absolute atomic E-state index is 2.40. The average Bonchev–Trinajstić information content (AvgIpc) is 3.27. The van der Waals surface area contributed by atoms with Crippen LogP contribution in [0.3, 0.4) is 0 Å². The summed E-state index contributed by atoms with van der Waals surface area (Å²) in [7, 11) is -1.17. The van der Waals surface area contributed by atoms with Crippen molar-refractivity contribution in [3.63, 3.8) is 0 Å². The Kier molecular flexibility index (Phi) is 4.44. The molecule has 0 unspecified atom stereocenters. The summed E-state index contributed by atoms with van der Waals surface area (Å²) in [5, 5.41) is 4.88. The highest BCUT2D eigenvalue weighted by molar-refractivity contribution is 7.89. The van der Waals surface area contributed by atoms with Crippen LogP contribution in [0.1, 0.15) is 0 Å². The van der Waals surface area contributed by atoms with Gasteiger partial charge in [0.1, 0.15) is 0 Å². The van der Waals surface area contributed by atoms with Gasteiger partial charge in [-0.25, -0.2) is 0 Å². The Hall–Kier alpha value is -1.48. The molecular weight excluding hydrogens is 350 g/mol. The summed E-state index contributed by atoms with van der Waals surface area (Å²) in [6.45, 7) is 0. The zero-order valence-corrected chi connectivity index (χ0v) is 16.8. The SMILES string of the molecule is c1ccc(P2C[C@@H]3C[P+](c4ccccc4)(c4ccccc4)C[C@H]3C2)cc1. The van der Waals surface area contributed by atoms with Crippen LogP contribution in [-0.4, -0.2) is 24.6 Å². The molecule has 2 aliphatic heterocycles. The first kappa shape index (κ1) is 16.7. The maximum atomic E-state index is 2.40. The molecule has 2 heteroatoms. The van der Waals surface area contributed by atoms with Crippen LogP contribution >= 0.6 is 15.2 Å². The monoisotopic (exact) mass is 375 g/mol. The lowest BCUT2D eigenvalue weighted by Crippen LogP contribution is -2.25. The molecule has 0 aromatic heterocycles. The molecule has 0 nitrogen and oxygen atoms in total. The van der Waals surface area contributed by atoms with Gasteiger partial charge in [-0.15, -0.1) is 0 Å². The van der Waals surface area contributed by atoms with Gasteiger partial charge in [-0.05, 0) is 41.9 Å². The first-order chi connectivity index (χ1) is 12.9. The summed E-state index contributed by atoms with van der Waals surface area (Å²) >= 11 is 0. The third-order valence-corrected chi connectivity index (χ3v) is 13.9. The lowest BCUT2D eigenvalue weighted by molar-refractivity contribution is 0.533. The van der Waals surface area contributed by atoms with E-state index in [1.54, 1.807) is 15.9 Å². The highest BCUT2D eigenvalue weighted by Crippen LogP contribution is 2.69. The molecule has 2 fully saturated rings. The van der Waals surface area contributed by atoms with E-state index in [-0.39, 0.29) is 7.92 Å². The Morgan fingerprint density at radius 3 is 1.46 bits per heavy atom. The fraction of sp³-hybridized carbons (Fsp3) is 0.250. The van der Waals surface area contributed by atoms with Crippen molar-refractivity contribution in [3.8, 4) is 0 Å². The number of hydrogen-bond donors (Lipinski definition) is 0. The Morgan fingerprint density at radius 2 is 1.00 bits per heavy atom. The van der Waals surface area contributed by atoms with Crippen LogP contribution in [0.15, 0.2) is 91.0 Å². The highest BCUT2D eigenvalue weighted by atomic mass is 31.2. The molecule has 2 heterocycles. The second-order valence-corrected chi connectivity index (χ2v) is 13.8. The van der Waals surface area contributed by atoms with E-state index in [1.807, 2.05) is 0 Å². The van der Waals surface area contributed by atoms with Crippen LogP contribution in [0.25, 0.3) is 0 Å². The lowest BCUT2D eigenvalue weighted by Gasteiger charge is -2.25. The van der Waals surface area contributed by atoms with Crippen LogP contribution in [0, 0.1) is 11.8 Å². The van der Waals surface area contributed by atoms with E-state index in [0.29, 0.717) is 0 Å². The summed E-state index contributed by atoms with van der Waals surface area (Å²) in [5.74, 6) is 1.85. The third-order valence-electron chi connectivity index (χ3n) is 6.29. The molecule has 0 bridgehead atoms. The zero-order chi connectivity index (χ0) is 17.4. The molecule has 0 aliphatic carbocycles. The highest BCUT2D eigenvalue weighted by Gasteiger charge is 2.57. The molecule has 0 radical (unpaired) electrons. The quantitative estimate of drug-likeness (QED) is 0.581. The van der Waals surface area contributed by atoms with Crippen LogP contribution in [0.2, 0.25) is 0 Å². The van der Waals surface area contributed by atoms with Crippen molar-refractivity contribution in [1.29, 1.82) is 0 Å². The molecule has 0 spiro atoms. The van der Waals surface area contributed by atoms with E-state index in [4.69, 9.17) is 0 Å². The van der Waals surface area contributed by atoms with E-state index in [2.05, 4.69) is 91.0 Å². The normalized spacial score (nSPS) is 24.5. The molecule has 2 atom stereocenters.